The van der Waals surface area contributed by atoms with E-state index in [9.17, 15) is 9.59 Å². The Morgan fingerprint density at radius 2 is 1.31 bits per heavy atom. The SMILES string of the molecule is COCCn1c(-c2nc3cc(C(=O)N4C[C@H](Nc5cnc6c(c5)cc(-c5nc7cc(C(=O)N8C[C@H]9CC%10C[C@@H]8[C@H]%109)cc(OC)c7n5C)n6CCOC)CC[C@@H]4C)cc(OC)c3n2C)cc2cccnc21. The summed E-state index contributed by atoms with van der Waals surface area (Å²) in [5, 5.41) is 5.69. The molecule has 0 radical (unpaired) electrons. The summed E-state index contributed by atoms with van der Waals surface area (Å²) in [6.07, 6.45) is 7.75. The first-order valence-corrected chi connectivity index (χ1v) is 24.5. The van der Waals surface area contributed by atoms with Gasteiger partial charge >= 0.3 is 0 Å². The highest BCUT2D eigenvalue weighted by molar-refractivity contribution is 6.02. The molecule has 2 aliphatic heterocycles. The number of fused-ring (bicyclic) bond motifs is 4. The van der Waals surface area contributed by atoms with E-state index in [2.05, 4.69) is 49.5 Å². The molecule has 2 aromatic carbocycles. The van der Waals surface area contributed by atoms with Crippen LogP contribution in [0.1, 0.15) is 53.3 Å². The van der Waals surface area contributed by atoms with Gasteiger partial charge in [-0.3, -0.25) is 9.59 Å². The number of benzene rings is 2. The Bertz CT molecular complexity index is 3390. The monoisotopic (exact) mass is 945 g/mol. The average molecular weight is 946 g/mol. The zero-order chi connectivity index (χ0) is 48.1. The molecule has 2 amide bonds. The number of aryl methyl sites for hydroxylation is 2. The van der Waals surface area contributed by atoms with E-state index in [1.54, 1.807) is 34.6 Å². The Morgan fingerprint density at radius 3 is 1.91 bits per heavy atom. The zero-order valence-corrected chi connectivity index (χ0v) is 40.8. The van der Waals surface area contributed by atoms with E-state index in [1.807, 2.05) is 70.7 Å². The lowest BCUT2D eigenvalue weighted by atomic mass is 9.53. The highest BCUT2D eigenvalue weighted by Crippen LogP contribution is 2.61. The fraction of sp³-hybridized carbons (Fsp3) is 0.434. The Morgan fingerprint density at radius 1 is 0.700 bits per heavy atom. The normalized spacial score (nSPS) is 21.7. The Labute approximate surface area is 405 Å². The molecule has 17 heteroatoms. The fourth-order valence-electron chi connectivity index (χ4n) is 12.4. The number of nitrogens with zero attached hydrogens (tertiary/aromatic N) is 10. The van der Waals surface area contributed by atoms with E-state index in [4.69, 9.17) is 33.9 Å². The summed E-state index contributed by atoms with van der Waals surface area (Å²) in [6, 6.07) is 18.2. The van der Waals surface area contributed by atoms with Crippen LogP contribution in [0.5, 0.6) is 11.5 Å². The highest BCUT2D eigenvalue weighted by Gasteiger charge is 2.61. The molecule has 12 rings (SSSR count). The van der Waals surface area contributed by atoms with Crippen LogP contribution in [0.4, 0.5) is 5.69 Å². The quantitative estimate of drug-likeness (QED) is 0.116. The molecule has 2 saturated heterocycles. The van der Waals surface area contributed by atoms with Crippen molar-refractivity contribution >= 4 is 61.6 Å². The lowest BCUT2D eigenvalue weighted by Gasteiger charge is -2.52. The molecule has 2 aliphatic carbocycles. The van der Waals surface area contributed by atoms with Crippen molar-refractivity contribution in [2.75, 3.05) is 60.1 Å². The second kappa shape index (κ2) is 17.2. The zero-order valence-electron chi connectivity index (χ0n) is 40.8. The van der Waals surface area contributed by atoms with Crippen molar-refractivity contribution in [3.63, 3.8) is 0 Å². The van der Waals surface area contributed by atoms with Crippen molar-refractivity contribution < 1.29 is 28.5 Å². The molecule has 1 unspecified atom stereocenters. The molecular weight excluding hydrogens is 887 g/mol. The molecule has 0 bridgehead atoms. The molecule has 70 heavy (non-hydrogen) atoms. The highest BCUT2D eigenvalue weighted by atomic mass is 16.5. The minimum atomic E-state index is -0.0757. The second-order valence-electron chi connectivity index (χ2n) is 19.8. The van der Waals surface area contributed by atoms with Crippen LogP contribution in [-0.2, 0) is 36.7 Å². The predicted octanol–water partition coefficient (Wildman–Crippen LogP) is 7.39. The molecule has 8 aromatic rings. The van der Waals surface area contributed by atoms with Crippen LogP contribution in [0.15, 0.2) is 67.0 Å². The van der Waals surface area contributed by atoms with Crippen LogP contribution in [0, 0.1) is 17.8 Å². The fourth-order valence-corrected chi connectivity index (χ4v) is 12.4. The summed E-state index contributed by atoms with van der Waals surface area (Å²) < 4.78 is 31.3. The third-order valence-electron chi connectivity index (χ3n) is 16.0. The second-order valence-corrected chi connectivity index (χ2v) is 19.8. The third kappa shape index (κ3) is 6.94. The number of carbonyl (C=O) groups excluding carboxylic acids is 2. The first kappa shape index (κ1) is 44.2. The van der Waals surface area contributed by atoms with Crippen molar-refractivity contribution in [1.29, 1.82) is 0 Å². The maximum Gasteiger partial charge on any atom is 0.254 e. The van der Waals surface area contributed by atoms with Crippen LogP contribution >= 0.6 is 0 Å². The summed E-state index contributed by atoms with van der Waals surface area (Å²) in [5.41, 5.74) is 8.44. The van der Waals surface area contributed by atoms with Crippen molar-refractivity contribution in [2.24, 2.45) is 31.8 Å². The maximum atomic E-state index is 14.6. The maximum absolute atomic E-state index is 14.6. The lowest BCUT2D eigenvalue weighted by Crippen LogP contribution is -2.53. The van der Waals surface area contributed by atoms with E-state index in [0.717, 1.165) is 93.5 Å². The standard InChI is InChI=1S/C53H59N11O6/c1-29-10-11-36(28-63(29)52(65)33-19-38-46(43(24-33)69-6)59(2)50(57-38)41-21-30-9-8-12-54-48(30)61(41)13-15-67-4)56-37-18-32-23-42(62(14-16-68-5)49(32)55-26-37)51-58-39-20-34(25-44(70-7)47(39)60(51)3)53(66)64-27-35-17-31-22-40(64)45(31)35/h8-9,12,18-21,23-26,29,31,35-36,40,45,56H,10-11,13-17,22,27-28H2,1-7H3/t29-,31?,35+,36+,40+,45+/m0/s1. The first-order valence-electron chi connectivity index (χ1n) is 24.5. The van der Waals surface area contributed by atoms with Crippen LogP contribution in [0.2, 0.25) is 0 Å². The number of methoxy groups -OCH3 is 4. The number of hydrogen-bond donors (Lipinski definition) is 1. The minimum Gasteiger partial charge on any atom is -0.494 e. The summed E-state index contributed by atoms with van der Waals surface area (Å²) in [4.78, 5) is 52.7. The molecule has 4 aliphatic rings. The van der Waals surface area contributed by atoms with E-state index in [1.165, 1.54) is 6.42 Å². The number of ether oxygens (including phenoxy) is 4. The van der Waals surface area contributed by atoms with Gasteiger partial charge in [-0.25, -0.2) is 19.9 Å². The molecule has 6 aromatic heterocycles. The Balaban J connectivity index is 0.816. The van der Waals surface area contributed by atoms with Crippen molar-refractivity contribution in [3.8, 4) is 34.5 Å². The van der Waals surface area contributed by atoms with Gasteiger partial charge in [0.2, 0.25) is 0 Å². The van der Waals surface area contributed by atoms with Gasteiger partial charge in [-0.2, -0.15) is 0 Å². The molecule has 1 N–H and O–H groups in total. The van der Waals surface area contributed by atoms with E-state index >= 15 is 0 Å². The van der Waals surface area contributed by atoms with E-state index < -0.39 is 0 Å². The number of imidazole rings is 2. The van der Waals surface area contributed by atoms with Gasteiger partial charge in [0.1, 0.15) is 33.8 Å². The van der Waals surface area contributed by atoms with Gasteiger partial charge in [0, 0.05) is 101 Å². The van der Waals surface area contributed by atoms with Crippen LogP contribution in [-0.4, -0.2) is 133 Å². The van der Waals surface area contributed by atoms with E-state index in [-0.39, 0.29) is 23.9 Å². The van der Waals surface area contributed by atoms with Crippen molar-refractivity contribution in [3.05, 3.63) is 78.1 Å². The molecule has 0 spiro atoms. The molecular formula is C53H59N11O6. The number of piperidine rings is 1. The number of carbonyl (C=O) groups is 2. The number of hydrogen-bond acceptors (Lipinski definition) is 11. The number of rotatable bonds is 14. The molecule has 17 nitrogen and oxygen atoms in total. The molecule has 8 heterocycles. The van der Waals surface area contributed by atoms with Crippen molar-refractivity contribution in [1.82, 2.24) is 48.0 Å². The smallest absolute Gasteiger partial charge is 0.254 e. The van der Waals surface area contributed by atoms with Crippen molar-refractivity contribution in [2.45, 2.75) is 63.8 Å². The van der Waals surface area contributed by atoms with Gasteiger partial charge in [-0.1, -0.05) is 0 Å². The summed E-state index contributed by atoms with van der Waals surface area (Å²) in [5.74, 6) is 4.82. The van der Waals surface area contributed by atoms with Gasteiger partial charge < -0.3 is 52.3 Å². The summed E-state index contributed by atoms with van der Waals surface area (Å²) >= 11 is 0. The average Bonchev–Trinajstić information content (AvgIpc) is 4.11. The summed E-state index contributed by atoms with van der Waals surface area (Å²) in [7, 11) is 10.6. The number of likely N-dealkylation sites (tertiary alicyclic amines) is 2. The molecule has 362 valence electrons. The number of anilines is 1. The van der Waals surface area contributed by atoms with Crippen LogP contribution in [0.25, 0.3) is 67.2 Å². The van der Waals surface area contributed by atoms with Gasteiger partial charge in [0.25, 0.3) is 11.8 Å². The Kier molecular flexibility index (Phi) is 10.8. The van der Waals surface area contributed by atoms with Gasteiger partial charge in [-0.15, -0.1) is 0 Å². The first-order chi connectivity index (χ1) is 34.1. The third-order valence-corrected chi connectivity index (χ3v) is 16.0. The van der Waals surface area contributed by atoms with Crippen LogP contribution in [0.3, 0.4) is 0 Å². The van der Waals surface area contributed by atoms with Gasteiger partial charge in [-0.05, 0) is 105 Å². The molecule has 2 saturated carbocycles. The number of nitrogens with one attached hydrogen (secondary N) is 1. The Hall–Kier alpha value is -6.98. The molecule has 4 fully saturated rings. The van der Waals surface area contributed by atoms with Gasteiger partial charge in [0.15, 0.2) is 11.6 Å². The largest absolute Gasteiger partial charge is 0.494 e. The summed E-state index contributed by atoms with van der Waals surface area (Å²) in [6.45, 7) is 5.63. The van der Waals surface area contributed by atoms with Gasteiger partial charge in [0.05, 0.1) is 61.7 Å². The lowest BCUT2D eigenvalue weighted by molar-refractivity contribution is -0.0204. The minimum absolute atomic E-state index is 0.0187. The number of aromatic nitrogens is 8. The predicted molar refractivity (Wildman–Crippen MR) is 267 cm³/mol. The topological polar surface area (TPSA) is 161 Å². The molecule has 6 atom stereocenters. The number of pyridine rings is 2. The number of amides is 2. The van der Waals surface area contributed by atoms with Crippen LogP contribution < -0.4 is 14.8 Å². The van der Waals surface area contributed by atoms with E-state index in [0.29, 0.717) is 84.4 Å².